The molecule has 1 aliphatic rings. The molecule has 2 aromatic carbocycles. The van der Waals surface area contributed by atoms with Crippen molar-refractivity contribution in [2.24, 2.45) is 16.1 Å². The van der Waals surface area contributed by atoms with Crippen molar-refractivity contribution < 1.29 is 18.0 Å². The highest BCUT2D eigenvalue weighted by atomic mass is 32.2. The summed E-state index contributed by atoms with van der Waals surface area (Å²) in [4.78, 5) is 27.5. The molecule has 0 radical (unpaired) electrons. The second-order valence-electron chi connectivity index (χ2n) is 8.31. The van der Waals surface area contributed by atoms with Gasteiger partial charge in [0.1, 0.15) is 11.4 Å². The van der Waals surface area contributed by atoms with Crippen molar-refractivity contribution in [3.8, 4) is 11.1 Å². The van der Waals surface area contributed by atoms with Crippen molar-refractivity contribution in [3.63, 3.8) is 0 Å². The third-order valence-corrected chi connectivity index (χ3v) is 7.03. The largest absolute Gasteiger partial charge is 0.392 e. The van der Waals surface area contributed by atoms with E-state index in [1.807, 2.05) is 43.3 Å². The van der Waals surface area contributed by atoms with E-state index in [2.05, 4.69) is 16.4 Å². The number of aryl methyl sites for hydroxylation is 1. The zero-order valence-electron chi connectivity index (χ0n) is 18.3. The molecular formula is C23H27N3O5S. The molecule has 0 aromatic heterocycles. The van der Waals surface area contributed by atoms with Crippen molar-refractivity contribution >= 4 is 21.5 Å². The minimum absolute atomic E-state index is 0.0248. The number of rotatable bonds is 9. The van der Waals surface area contributed by atoms with Crippen molar-refractivity contribution in [1.29, 1.82) is 0 Å². The molecule has 1 amide bonds. The standard InChI is InChI=1S/C23H27N3O5S/c1-14-10-16(11-15(2)25-28)4-9-20(14)17-5-7-18(8-6-17)21-12-19(31-26-21)13-22(23(24)27)32(3,29)30/h4-10,15,19,22H,11-13H2,1-3H3,(H2,24,27). The fourth-order valence-corrected chi connectivity index (χ4v) is 4.85. The van der Waals surface area contributed by atoms with Gasteiger partial charge < -0.3 is 10.6 Å². The molecule has 1 aliphatic heterocycles. The van der Waals surface area contributed by atoms with Crippen LogP contribution in [0.4, 0.5) is 0 Å². The molecule has 2 N–H and O–H groups in total. The molecule has 2 aromatic rings. The molecule has 0 aliphatic carbocycles. The molecule has 3 rings (SSSR count). The molecular weight excluding hydrogens is 430 g/mol. The summed E-state index contributed by atoms with van der Waals surface area (Å²) in [6, 6.07) is 13.7. The number of hydrogen-bond acceptors (Lipinski definition) is 7. The lowest BCUT2D eigenvalue weighted by Crippen LogP contribution is -2.38. The van der Waals surface area contributed by atoms with Gasteiger partial charge in [-0.05, 0) is 48.1 Å². The Labute approximate surface area is 187 Å². The first-order valence-corrected chi connectivity index (χ1v) is 12.3. The predicted molar refractivity (Wildman–Crippen MR) is 124 cm³/mol. The number of nitrogens with zero attached hydrogens (tertiary/aromatic N) is 2. The highest BCUT2D eigenvalue weighted by Gasteiger charge is 2.33. The smallest absolute Gasteiger partial charge is 0.235 e. The van der Waals surface area contributed by atoms with Gasteiger partial charge in [-0.2, -0.15) is 4.91 Å². The zero-order valence-corrected chi connectivity index (χ0v) is 19.1. The first-order chi connectivity index (χ1) is 15.1. The van der Waals surface area contributed by atoms with Crippen LogP contribution in [0.1, 0.15) is 36.5 Å². The maximum absolute atomic E-state index is 11.8. The minimum atomic E-state index is -3.61. The number of nitrogens with two attached hydrogens (primary N) is 1. The van der Waals surface area contributed by atoms with Crippen LogP contribution in [0.3, 0.4) is 0 Å². The third-order valence-electron chi connectivity index (χ3n) is 5.58. The van der Waals surface area contributed by atoms with Crippen LogP contribution < -0.4 is 5.73 Å². The summed E-state index contributed by atoms with van der Waals surface area (Å²) in [5.41, 5.74) is 11.1. The van der Waals surface area contributed by atoms with Crippen LogP contribution in [0, 0.1) is 11.8 Å². The molecule has 170 valence electrons. The number of primary amides is 1. The number of benzene rings is 2. The predicted octanol–water partition coefficient (Wildman–Crippen LogP) is 3.14. The van der Waals surface area contributed by atoms with Gasteiger partial charge in [0.2, 0.25) is 5.91 Å². The van der Waals surface area contributed by atoms with Gasteiger partial charge in [0.15, 0.2) is 9.84 Å². The first-order valence-electron chi connectivity index (χ1n) is 10.3. The number of sulfone groups is 1. The average molecular weight is 458 g/mol. The van der Waals surface area contributed by atoms with Gasteiger partial charge in [0, 0.05) is 19.1 Å². The van der Waals surface area contributed by atoms with Gasteiger partial charge in [-0.3, -0.25) is 4.79 Å². The van der Waals surface area contributed by atoms with Crippen LogP contribution in [0.5, 0.6) is 0 Å². The van der Waals surface area contributed by atoms with Crippen LogP contribution in [-0.2, 0) is 25.9 Å². The number of oxime groups is 1. The average Bonchev–Trinajstić information content (AvgIpc) is 3.20. The van der Waals surface area contributed by atoms with Gasteiger partial charge in [0.05, 0.1) is 11.8 Å². The maximum atomic E-state index is 11.8. The van der Waals surface area contributed by atoms with Crippen molar-refractivity contribution in [1.82, 2.24) is 0 Å². The molecule has 1 heterocycles. The normalized spacial score (nSPS) is 17.8. The lowest BCUT2D eigenvalue weighted by Gasteiger charge is -2.14. The summed E-state index contributed by atoms with van der Waals surface area (Å²) in [5.74, 6) is -0.882. The summed E-state index contributed by atoms with van der Waals surface area (Å²) in [5, 5.41) is 5.85. The van der Waals surface area contributed by atoms with Crippen LogP contribution >= 0.6 is 0 Å². The summed E-state index contributed by atoms with van der Waals surface area (Å²) in [6.45, 7) is 3.83. The molecule has 3 atom stereocenters. The van der Waals surface area contributed by atoms with Gasteiger partial charge in [-0.25, -0.2) is 8.42 Å². The molecule has 3 unspecified atom stereocenters. The van der Waals surface area contributed by atoms with E-state index in [-0.39, 0.29) is 12.5 Å². The zero-order chi connectivity index (χ0) is 23.5. The summed E-state index contributed by atoms with van der Waals surface area (Å²) in [6.07, 6.45) is 1.46. The lowest BCUT2D eigenvalue weighted by atomic mass is 9.94. The SMILES string of the molecule is Cc1cc(CC(C)N=O)ccc1-c1ccc(C2=NOC(CC(C(N)=O)S(C)(=O)=O)C2)cc1. The van der Waals surface area contributed by atoms with Crippen LogP contribution in [0.15, 0.2) is 52.8 Å². The molecule has 9 heteroatoms. The second-order valence-corrected chi connectivity index (χ2v) is 10.5. The van der Waals surface area contributed by atoms with Crippen LogP contribution in [0.2, 0.25) is 0 Å². The fraction of sp³-hybridized carbons (Fsp3) is 0.391. The van der Waals surface area contributed by atoms with Gasteiger partial charge in [-0.1, -0.05) is 52.8 Å². The highest BCUT2D eigenvalue weighted by Crippen LogP contribution is 2.27. The van der Waals surface area contributed by atoms with E-state index in [9.17, 15) is 18.1 Å². The molecule has 0 fully saturated rings. The highest BCUT2D eigenvalue weighted by molar-refractivity contribution is 7.92. The topological polar surface area (TPSA) is 128 Å². The Bertz CT molecular complexity index is 1140. The lowest BCUT2D eigenvalue weighted by molar-refractivity contribution is -0.118. The number of carbonyl (C=O) groups excluding carboxylic acids is 1. The Hall–Kier alpha value is -3.07. The Kier molecular flexibility index (Phi) is 7.08. The number of amides is 1. The van der Waals surface area contributed by atoms with Crippen molar-refractivity contribution in [3.05, 3.63) is 64.1 Å². The number of nitroso groups, excluding NO2 is 1. The maximum Gasteiger partial charge on any atom is 0.235 e. The molecule has 32 heavy (non-hydrogen) atoms. The molecule has 0 saturated carbocycles. The quantitative estimate of drug-likeness (QED) is 0.579. The second kappa shape index (κ2) is 9.60. The molecule has 0 spiro atoms. The van der Waals surface area contributed by atoms with E-state index in [0.29, 0.717) is 18.6 Å². The van der Waals surface area contributed by atoms with E-state index < -0.39 is 27.1 Å². The first kappa shape index (κ1) is 23.6. The number of carbonyl (C=O) groups is 1. The minimum Gasteiger partial charge on any atom is -0.392 e. The van der Waals surface area contributed by atoms with E-state index in [4.69, 9.17) is 10.6 Å². The van der Waals surface area contributed by atoms with Crippen LogP contribution in [-0.4, -0.2) is 43.7 Å². The van der Waals surface area contributed by atoms with E-state index in [1.54, 1.807) is 6.92 Å². The summed E-state index contributed by atoms with van der Waals surface area (Å²) >= 11 is 0. The fourth-order valence-electron chi connectivity index (χ4n) is 3.86. The monoisotopic (exact) mass is 457 g/mol. The number of hydrogen-bond donors (Lipinski definition) is 1. The van der Waals surface area contributed by atoms with E-state index in [0.717, 1.165) is 34.1 Å². The molecule has 8 nitrogen and oxygen atoms in total. The Morgan fingerprint density at radius 2 is 1.88 bits per heavy atom. The van der Waals surface area contributed by atoms with E-state index >= 15 is 0 Å². The summed E-state index contributed by atoms with van der Waals surface area (Å²) < 4.78 is 23.6. The van der Waals surface area contributed by atoms with Crippen molar-refractivity contribution in [2.75, 3.05) is 6.26 Å². The van der Waals surface area contributed by atoms with Crippen LogP contribution in [0.25, 0.3) is 11.1 Å². The Morgan fingerprint density at radius 3 is 2.44 bits per heavy atom. The van der Waals surface area contributed by atoms with Gasteiger partial charge in [0.25, 0.3) is 0 Å². The Balaban J connectivity index is 1.69. The molecule has 0 bridgehead atoms. The third kappa shape index (κ3) is 5.59. The van der Waals surface area contributed by atoms with Gasteiger partial charge in [-0.15, -0.1) is 0 Å². The molecule has 0 saturated heterocycles. The van der Waals surface area contributed by atoms with Crippen molar-refractivity contribution in [2.45, 2.75) is 50.5 Å². The Morgan fingerprint density at radius 1 is 1.22 bits per heavy atom. The van der Waals surface area contributed by atoms with E-state index in [1.165, 1.54) is 0 Å². The summed E-state index contributed by atoms with van der Waals surface area (Å²) in [7, 11) is -3.61. The van der Waals surface area contributed by atoms with Gasteiger partial charge >= 0.3 is 0 Å².